The number of ether oxygens (including phenoxy) is 2. The standard InChI is InChI=1S/C17H25NO3/c1-12-17(19,7-8-21-12)11-18-15-5-3-13-4-6-16(20-2)10-14(13)9-15/h4,6,10,12,15,18-19H,3,5,7-9,11H2,1-2H3. The largest absolute Gasteiger partial charge is 0.497 e. The summed E-state index contributed by atoms with van der Waals surface area (Å²) in [6, 6.07) is 6.76. The lowest BCUT2D eigenvalue weighted by molar-refractivity contribution is -0.0278. The highest BCUT2D eigenvalue weighted by molar-refractivity contribution is 5.37. The van der Waals surface area contributed by atoms with E-state index < -0.39 is 5.60 Å². The van der Waals surface area contributed by atoms with Crippen LogP contribution in [0, 0.1) is 0 Å². The van der Waals surface area contributed by atoms with Crippen molar-refractivity contribution in [2.75, 3.05) is 20.3 Å². The van der Waals surface area contributed by atoms with Gasteiger partial charge in [0.25, 0.3) is 0 Å². The van der Waals surface area contributed by atoms with Crippen molar-refractivity contribution >= 4 is 0 Å². The van der Waals surface area contributed by atoms with Gasteiger partial charge in [-0.15, -0.1) is 0 Å². The van der Waals surface area contributed by atoms with Crippen LogP contribution in [-0.4, -0.2) is 43.1 Å². The molecule has 0 spiro atoms. The first kappa shape index (κ1) is 14.8. The molecule has 1 heterocycles. The number of nitrogens with one attached hydrogen (secondary N) is 1. The molecule has 1 fully saturated rings. The zero-order chi connectivity index (χ0) is 14.9. The molecule has 4 heteroatoms. The smallest absolute Gasteiger partial charge is 0.119 e. The van der Waals surface area contributed by atoms with E-state index >= 15 is 0 Å². The van der Waals surface area contributed by atoms with Crippen LogP contribution in [0.25, 0.3) is 0 Å². The third-order valence-corrected chi connectivity index (χ3v) is 5.00. The van der Waals surface area contributed by atoms with E-state index in [0.717, 1.165) is 31.4 Å². The zero-order valence-electron chi connectivity index (χ0n) is 12.9. The van der Waals surface area contributed by atoms with Gasteiger partial charge in [0.1, 0.15) is 11.4 Å². The first-order valence-corrected chi connectivity index (χ1v) is 7.84. The second-order valence-electron chi connectivity index (χ2n) is 6.32. The van der Waals surface area contributed by atoms with Crippen molar-refractivity contribution in [2.24, 2.45) is 0 Å². The molecule has 1 aromatic carbocycles. The second kappa shape index (κ2) is 5.95. The van der Waals surface area contributed by atoms with Crippen molar-refractivity contribution in [3.63, 3.8) is 0 Å². The van der Waals surface area contributed by atoms with E-state index in [-0.39, 0.29) is 6.10 Å². The van der Waals surface area contributed by atoms with E-state index in [1.807, 2.05) is 13.0 Å². The van der Waals surface area contributed by atoms with Gasteiger partial charge in [0.15, 0.2) is 0 Å². The third kappa shape index (κ3) is 3.07. The van der Waals surface area contributed by atoms with Crippen LogP contribution in [0.5, 0.6) is 5.75 Å². The first-order valence-electron chi connectivity index (χ1n) is 7.84. The maximum absolute atomic E-state index is 10.6. The fraction of sp³-hybridized carbons (Fsp3) is 0.647. The molecule has 2 aliphatic rings. The molecule has 3 atom stereocenters. The van der Waals surface area contributed by atoms with Gasteiger partial charge in [0.2, 0.25) is 0 Å². The van der Waals surface area contributed by atoms with Crippen LogP contribution in [0.1, 0.15) is 30.9 Å². The molecular formula is C17H25NO3. The summed E-state index contributed by atoms with van der Waals surface area (Å²) in [6.07, 6.45) is 3.84. The Labute approximate surface area is 126 Å². The maximum atomic E-state index is 10.6. The molecule has 0 amide bonds. The second-order valence-corrected chi connectivity index (χ2v) is 6.32. The minimum absolute atomic E-state index is 0.0824. The molecule has 1 aliphatic carbocycles. The van der Waals surface area contributed by atoms with Crippen molar-refractivity contribution in [1.29, 1.82) is 0 Å². The SMILES string of the molecule is COc1ccc2c(c1)CC(NCC1(O)CCOC1C)CC2. The van der Waals surface area contributed by atoms with E-state index in [0.29, 0.717) is 19.2 Å². The number of aliphatic hydroxyl groups is 1. The average Bonchev–Trinajstić information content (AvgIpc) is 2.84. The maximum Gasteiger partial charge on any atom is 0.119 e. The van der Waals surface area contributed by atoms with E-state index in [1.54, 1.807) is 7.11 Å². The molecule has 1 aromatic rings. The Kier molecular flexibility index (Phi) is 4.20. The van der Waals surface area contributed by atoms with E-state index in [4.69, 9.17) is 9.47 Å². The Morgan fingerprint density at radius 1 is 1.43 bits per heavy atom. The van der Waals surface area contributed by atoms with Crippen molar-refractivity contribution in [1.82, 2.24) is 5.32 Å². The predicted molar refractivity (Wildman–Crippen MR) is 81.8 cm³/mol. The first-order chi connectivity index (χ1) is 10.1. The van der Waals surface area contributed by atoms with Gasteiger partial charge in [0, 0.05) is 25.6 Å². The lowest BCUT2D eigenvalue weighted by atomic mass is 9.87. The summed E-state index contributed by atoms with van der Waals surface area (Å²) in [6.45, 7) is 3.22. The predicted octanol–water partition coefficient (Wildman–Crippen LogP) is 1.68. The zero-order valence-corrected chi connectivity index (χ0v) is 12.9. The average molecular weight is 291 g/mol. The molecule has 21 heavy (non-hydrogen) atoms. The van der Waals surface area contributed by atoms with Crippen molar-refractivity contribution in [3.05, 3.63) is 29.3 Å². The lowest BCUT2D eigenvalue weighted by Gasteiger charge is -2.31. The van der Waals surface area contributed by atoms with Crippen molar-refractivity contribution in [3.8, 4) is 5.75 Å². The molecule has 3 unspecified atom stereocenters. The van der Waals surface area contributed by atoms with Crippen LogP contribution < -0.4 is 10.1 Å². The summed E-state index contributed by atoms with van der Waals surface area (Å²) in [4.78, 5) is 0. The number of hydrogen-bond donors (Lipinski definition) is 2. The topological polar surface area (TPSA) is 50.7 Å². The minimum atomic E-state index is -0.714. The van der Waals surface area contributed by atoms with Crippen LogP contribution in [-0.2, 0) is 17.6 Å². The molecule has 2 N–H and O–H groups in total. The summed E-state index contributed by atoms with van der Waals surface area (Å²) >= 11 is 0. The van der Waals surface area contributed by atoms with E-state index in [2.05, 4.69) is 17.4 Å². The molecule has 116 valence electrons. The molecule has 3 rings (SSSR count). The van der Waals surface area contributed by atoms with Gasteiger partial charge < -0.3 is 19.9 Å². The number of rotatable bonds is 4. The lowest BCUT2D eigenvalue weighted by Crippen LogP contribution is -2.49. The van der Waals surface area contributed by atoms with Gasteiger partial charge in [0.05, 0.1) is 13.2 Å². The number of fused-ring (bicyclic) bond motifs is 1. The summed E-state index contributed by atoms with van der Waals surface area (Å²) < 4.78 is 10.8. The van der Waals surface area contributed by atoms with Gasteiger partial charge in [-0.05, 0) is 49.4 Å². The normalized spacial score (nSPS) is 32.0. The molecule has 0 aromatic heterocycles. The van der Waals surface area contributed by atoms with Crippen LogP contribution in [0.4, 0.5) is 0 Å². The van der Waals surface area contributed by atoms with Gasteiger partial charge in [-0.3, -0.25) is 0 Å². The van der Waals surface area contributed by atoms with Gasteiger partial charge in [-0.1, -0.05) is 6.07 Å². The van der Waals surface area contributed by atoms with Crippen LogP contribution in [0.2, 0.25) is 0 Å². The highest BCUT2D eigenvalue weighted by atomic mass is 16.5. The number of methoxy groups -OCH3 is 1. The molecular weight excluding hydrogens is 266 g/mol. The quantitative estimate of drug-likeness (QED) is 0.886. The van der Waals surface area contributed by atoms with E-state index in [9.17, 15) is 5.11 Å². The highest BCUT2D eigenvalue weighted by Gasteiger charge is 2.39. The summed E-state index contributed by atoms with van der Waals surface area (Å²) in [5.41, 5.74) is 2.07. The fourth-order valence-corrected chi connectivity index (χ4v) is 3.36. The minimum Gasteiger partial charge on any atom is -0.497 e. The van der Waals surface area contributed by atoms with Gasteiger partial charge >= 0.3 is 0 Å². The third-order valence-electron chi connectivity index (χ3n) is 5.00. The summed E-state index contributed by atoms with van der Waals surface area (Å²) in [5.74, 6) is 0.922. The van der Waals surface area contributed by atoms with Crippen molar-refractivity contribution < 1.29 is 14.6 Å². The number of hydrogen-bond acceptors (Lipinski definition) is 4. The molecule has 1 saturated heterocycles. The summed E-state index contributed by atoms with van der Waals surface area (Å²) in [7, 11) is 1.71. The Morgan fingerprint density at radius 3 is 3.00 bits per heavy atom. The van der Waals surface area contributed by atoms with Gasteiger partial charge in [-0.25, -0.2) is 0 Å². The van der Waals surface area contributed by atoms with Crippen LogP contribution >= 0.6 is 0 Å². The van der Waals surface area contributed by atoms with E-state index in [1.165, 1.54) is 11.1 Å². The molecule has 0 saturated carbocycles. The molecule has 0 bridgehead atoms. The molecule has 0 radical (unpaired) electrons. The Morgan fingerprint density at radius 2 is 2.29 bits per heavy atom. The highest BCUT2D eigenvalue weighted by Crippen LogP contribution is 2.28. The number of aryl methyl sites for hydroxylation is 1. The monoisotopic (exact) mass is 291 g/mol. The van der Waals surface area contributed by atoms with Crippen LogP contribution in [0.15, 0.2) is 18.2 Å². The Balaban J connectivity index is 1.61. The van der Waals surface area contributed by atoms with Crippen molar-refractivity contribution in [2.45, 2.75) is 50.4 Å². The Hall–Kier alpha value is -1.10. The Bertz CT molecular complexity index is 505. The summed E-state index contributed by atoms with van der Waals surface area (Å²) in [5, 5.41) is 14.1. The van der Waals surface area contributed by atoms with Crippen LogP contribution in [0.3, 0.4) is 0 Å². The number of benzene rings is 1. The molecule has 1 aliphatic heterocycles. The van der Waals surface area contributed by atoms with Gasteiger partial charge in [-0.2, -0.15) is 0 Å². The fourth-order valence-electron chi connectivity index (χ4n) is 3.36. The molecule has 4 nitrogen and oxygen atoms in total.